The van der Waals surface area contributed by atoms with Crippen LogP contribution in [0.3, 0.4) is 0 Å². The van der Waals surface area contributed by atoms with Crippen LogP contribution in [0.25, 0.3) is 0 Å². The average Bonchev–Trinajstić information content (AvgIpc) is 2.42. The zero-order valence-corrected chi connectivity index (χ0v) is 12.7. The molecule has 0 aromatic heterocycles. The highest BCUT2D eigenvalue weighted by Crippen LogP contribution is 2.19. The van der Waals surface area contributed by atoms with Gasteiger partial charge in [0.1, 0.15) is 0 Å². The molecule has 1 aromatic carbocycles. The van der Waals surface area contributed by atoms with Crippen LogP contribution in [0.1, 0.15) is 24.2 Å². The molecule has 1 aliphatic heterocycles. The van der Waals surface area contributed by atoms with Gasteiger partial charge >= 0.3 is 0 Å². The molecular formula is C15H21N3O3. The second kappa shape index (κ2) is 5.91. The van der Waals surface area contributed by atoms with Crippen LogP contribution in [0.15, 0.2) is 24.3 Å². The van der Waals surface area contributed by atoms with E-state index in [1.165, 1.54) is 24.3 Å². The largest absolute Gasteiger partial charge is 0.299 e. The summed E-state index contributed by atoms with van der Waals surface area (Å²) in [5, 5.41) is 10.6. The number of Topliss-reactive ketones (excluding diaryl/α,β-unsaturated/α-hetero) is 1. The lowest BCUT2D eigenvalue weighted by Gasteiger charge is -2.45. The van der Waals surface area contributed by atoms with Crippen LogP contribution in [0.5, 0.6) is 0 Å². The second-order valence-electron chi connectivity index (χ2n) is 6.17. The van der Waals surface area contributed by atoms with Gasteiger partial charge in [-0.15, -0.1) is 0 Å². The van der Waals surface area contributed by atoms with E-state index in [0.717, 1.165) is 19.6 Å². The van der Waals surface area contributed by atoms with Crippen molar-refractivity contribution < 1.29 is 9.72 Å². The van der Waals surface area contributed by atoms with E-state index < -0.39 is 4.92 Å². The summed E-state index contributed by atoms with van der Waals surface area (Å²) in [5.41, 5.74) is 0.582. The van der Waals surface area contributed by atoms with Gasteiger partial charge < -0.3 is 0 Å². The summed E-state index contributed by atoms with van der Waals surface area (Å²) in [6, 6.07) is 5.81. The van der Waals surface area contributed by atoms with Crippen molar-refractivity contribution in [1.82, 2.24) is 9.80 Å². The lowest BCUT2D eigenvalue weighted by atomic mass is 9.99. The number of piperazine rings is 1. The first-order chi connectivity index (χ1) is 9.79. The van der Waals surface area contributed by atoms with E-state index in [4.69, 9.17) is 0 Å². The highest BCUT2D eigenvalue weighted by Gasteiger charge is 2.31. The highest BCUT2D eigenvalue weighted by atomic mass is 16.6. The first-order valence-corrected chi connectivity index (χ1v) is 7.01. The van der Waals surface area contributed by atoms with E-state index in [9.17, 15) is 14.9 Å². The van der Waals surface area contributed by atoms with Crippen molar-refractivity contribution in [2.24, 2.45) is 0 Å². The Morgan fingerprint density at radius 2 is 1.90 bits per heavy atom. The van der Waals surface area contributed by atoms with Crippen molar-refractivity contribution in [3.05, 3.63) is 39.9 Å². The van der Waals surface area contributed by atoms with Crippen LogP contribution < -0.4 is 0 Å². The number of ketones is 1. The number of nitro groups is 1. The molecule has 6 heteroatoms. The standard InChI is InChI=1S/C15H21N3O3/c1-15(2)11-17(9-8-16(15)3)10-14(19)12-4-6-13(7-5-12)18(20)21/h4-7H,8-11H2,1-3H3. The van der Waals surface area contributed by atoms with Crippen molar-refractivity contribution in [2.75, 3.05) is 33.2 Å². The number of carbonyl (C=O) groups is 1. The first-order valence-electron chi connectivity index (χ1n) is 7.01. The zero-order chi connectivity index (χ0) is 15.6. The minimum atomic E-state index is -0.461. The van der Waals surface area contributed by atoms with E-state index >= 15 is 0 Å². The lowest BCUT2D eigenvalue weighted by Crippen LogP contribution is -2.58. The average molecular weight is 291 g/mol. The van der Waals surface area contributed by atoms with Gasteiger partial charge in [-0.1, -0.05) is 0 Å². The molecule has 0 unspecified atom stereocenters. The first kappa shape index (κ1) is 15.6. The molecule has 1 fully saturated rings. The summed E-state index contributed by atoms with van der Waals surface area (Å²) >= 11 is 0. The van der Waals surface area contributed by atoms with Crippen LogP contribution in [0.2, 0.25) is 0 Å². The Morgan fingerprint density at radius 3 is 2.43 bits per heavy atom. The molecule has 21 heavy (non-hydrogen) atoms. The lowest BCUT2D eigenvalue weighted by molar-refractivity contribution is -0.384. The Balaban J connectivity index is 2.00. The number of nitrogens with zero attached hydrogens (tertiary/aromatic N) is 3. The Kier molecular flexibility index (Phi) is 4.39. The number of non-ortho nitro benzene ring substituents is 1. The van der Waals surface area contributed by atoms with Crippen LogP contribution in [0, 0.1) is 10.1 Å². The van der Waals surface area contributed by atoms with Crippen LogP contribution in [-0.2, 0) is 0 Å². The molecule has 1 heterocycles. The van der Waals surface area contributed by atoms with Gasteiger partial charge in [0, 0.05) is 42.9 Å². The number of hydrogen-bond acceptors (Lipinski definition) is 5. The van der Waals surface area contributed by atoms with Crippen molar-refractivity contribution in [3.63, 3.8) is 0 Å². The summed E-state index contributed by atoms with van der Waals surface area (Å²) in [7, 11) is 2.09. The molecule has 0 aliphatic carbocycles. The maximum Gasteiger partial charge on any atom is 0.269 e. The third kappa shape index (κ3) is 3.65. The van der Waals surface area contributed by atoms with Crippen LogP contribution in [0.4, 0.5) is 5.69 Å². The van der Waals surface area contributed by atoms with E-state index in [1.54, 1.807) is 0 Å². The molecule has 0 amide bonds. The molecule has 2 rings (SSSR count). The van der Waals surface area contributed by atoms with Crippen molar-refractivity contribution in [1.29, 1.82) is 0 Å². The number of likely N-dealkylation sites (N-methyl/N-ethyl adjacent to an activating group) is 1. The fourth-order valence-electron chi connectivity index (χ4n) is 2.54. The maximum absolute atomic E-state index is 12.3. The fraction of sp³-hybridized carbons (Fsp3) is 0.533. The SMILES string of the molecule is CN1CCN(CC(=O)c2ccc([N+](=O)[O-])cc2)CC1(C)C. The summed E-state index contributed by atoms with van der Waals surface area (Å²) in [5.74, 6) is 0.00486. The Labute approximate surface area is 124 Å². The van der Waals surface area contributed by atoms with Crippen LogP contribution in [-0.4, -0.2) is 59.3 Å². The molecule has 0 bridgehead atoms. The van der Waals surface area contributed by atoms with Gasteiger partial charge in [-0.3, -0.25) is 24.7 Å². The van der Waals surface area contributed by atoms with Gasteiger partial charge in [0.2, 0.25) is 0 Å². The van der Waals surface area contributed by atoms with Gasteiger partial charge in [0.25, 0.3) is 5.69 Å². The molecule has 0 saturated carbocycles. The smallest absolute Gasteiger partial charge is 0.269 e. The molecule has 1 saturated heterocycles. The van der Waals surface area contributed by atoms with E-state index in [2.05, 4.69) is 30.7 Å². The minimum Gasteiger partial charge on any atom is -0.299 e. The fourth-order valence-corrected chi connectivity index (χ4v) is 2.54. The predicted molar refractivity (Wildman–Crippen MR) is 80.6 cm³/mol. The number of nitro benzene ring substituents is 1. The monoisotopic (exact) mass is 291 g/mol. The summed E-state index contributed by atoms with van der Waals surface area (Å²) in [6.45, 7) is 7.31. The quantitative estimate of drug-likeness (QED) is 0.481. The third-order valence-electron chi connectivity index (χ3n) is 4.16. The molecule has 1 aromatic rings. The Bertz CT molecular complexity index is 540. The van der Waals surface area contributed by atoms with Crippen molar-refractivity contribution >= 4 is 11.5 Å². The molecule has 0 radical (unpaired) electrons. The van der Waals surface area contributed by atoms with Gasteiger partial charge in [-0.05, 0) is 33.0 Å². The molecule has 6 nitrogen and oxygen atoms in total. The Hall–Kier alpha value is -1.79. The van der Waals surface area contributed by atoms with E-state index in [1.807, 2.05) is 0 Å². The molecule has 114 valence electrons. The molecule has 0 atom stereocenters. The number of carbonyl (C=O) groups excluding carboxylic acids is 1. The normalized spacial score (nSPS) is 19.4. The topological polar surface area (TPSA) is 66.7 Å². The molecular weight excluding hydrogens is 270 g/mol. The minimum absolute atomic E-state index is 0.00486. The van der Waals surface area contributed by atoms with Crippen molar-refractivity contribution in [2.45, 2.75) is 19.4 Å². The maximum atomic E-state index is 12.3. The molecule has 0 spiro atoms. The second-order valence-corrected chi connectivity index (χ2v) is 6.17. The number of benzene rings is 1. The highest BCUT2D eigenvalue weighted by molar-refractivity contribution is 5.97. The molecule has 1 aliphatic rings. The predicted octanol–water partition coefficient (Wildman–Crippen LogP) is 1.80. The van der Waals surface area contributed by atoms with E-state index in [0.29, 0.717) is 12.1 Å². The summed E-state index contributed by atoms with van der Waals surface area (Å²) in [4.78, 5) is 26.8. The zero-order valence-electron chi connectivity index (χ0n) is 12.7. The molecule has 0 N–H and O–H groups in total. The summed E-state index contributed by atoms with van der Waals surface area (Å²) < 4.78 is 0. The van der Waals surface area contributed by atoms with E-state index in [-0.39, 0.29) is 17.0 Å². The van der Waals surface area contributed by atoms with Gasteiger partial charge in [-0.2, -0.15) is 0 Å². The van der Waals surface area contributed by atoms with Gasteiger partial charge in [-0.25, -0.2) is 0 Å². The van der Waals surface area contributed by atoms with Gasteiger partial charge in [0.05, 0.1) is 11.5 Å². The number of rotatable bonds is 4. The Morgan fingerprint density at radius 1 is 1.29 bits per heavy atom. The van der Waals surface area contributed by atoms with Crippen LogP contribution >= 0.6 is 0 Å². The number of hydrogen-bond donors (Lipinski definition) is 0. The van der Waals surface area contributed by atoms with Crippen molar-refractivity contribution in [3.8, 4) is 0 Å². The third-order valence-corrected chi connectivity index (χ3v) is 4.16. The van der Waals surface area contributed by atoms with Gasteiger partial charge in [0.15, 0.2) is 5.78 Å². The summed E-state index contributed by atoms with van der Waals surface area (Å²) in [6.07, 6.45) is 0.